The van der Waals surface area contributed by atoms with Crippen LogP contribution >= 0.6 is 0 Å². The molecule has 0 aromatic heterocycles. The molecule has 0 bridgehead atoms. The van der Waals surface area contributed by atoms with Gasteiger partial charge >= 0.3 is 11.9 Å². The highest BCUT2D eigenvalue weighted by Crippen LogP contribution is 2.56. The molecule has 1 saturated carbocycles. The molecule has 0 amide bonds. The van der Waals surface area contributed by atoms with Gasteiger partial charge in [0, 0.05) is 0 Å². The summed E-state index contributed by atoms with van der Waals surface area (Å²) in [6.45, 7) is 3.36. The number of hydrogen-bond donors (Lipinski definition) is 2. The van der Waals surface area contributed by atoms with E-state index in [9.17, 15) is 9.59 Å². The van der Waals surface area contributed by atoms with Crippen LogP contribution in [0.15, 0.2) is 0 Å². The van der Waals surface area contributed by atoms with E-state index in [-0.39, 0.29) is 6.42 Å². The Morgan fingerprint density at radius 3 is 1.50 bits per heavy atom. The summed E-state index contributed by atoms with van der Waals surface area (Å²) in [5.74, 6) is -2.43. The van der Waals surface area contributed by atoms with Crippen LogP contribution in [0.1, 0.15) is 26.7 Å². The van der Waals surface area contributed by atoms with Crippen LogP contribution in [-0.2, 0) is 9.59 Å². The smallest absolute Gasteiger partial charge is 0.321 e. The molecule has 0 aromatic carbocycles. The molecule has 1 aliphatic rings. The largest absolute Gasteiger partial charge is 0.480 e. The molecule has 4 heteroatoms. The summed E-state index contributed by atoms with van der Waals surface area (Å²) in [6, 6.07) is 0. The number of hydrogen-bond acceptors (Lipinski definition) is 2. The van der Waals surface area contributed by atoms with E-state index in [1.54, 1.807) is 13.8 Å². The van der Waals surface area contributed by atoms with Crippen molar-refractivity contribution in [3.63, 3.8) is 0 Å². The van der Waals surface area contributed by atoms with Crippen molar-refractivity contribution in [2.45, 2.75) is 26.7 Å². The molecule has 1 rings (SSSR count). The summed E-state index contributed by atoms with van der Waals surface area (Å²) in [4.78, 5) is 21.6. The lowest BCUT2D eigenvalue weighted by Gasteiger charge is -2.49. The first kappa shape index (κ1) is 9.03. The third kappa shape index (κ3) is 0.777. The molecule has 0 radical (unpaired) electrons. The minimum Gasteiger partial charge on any atom is -0.480 e. The van der Waals surface area contributed by atoms with Gasteiger partial charge in [0.1, 0.15) is 0 Å². The van der Waals surface area contributed by atoms with Crippen LogP contribution < -0.4 is 0 Å². The van der Waals surface area contributed by atoms with Gasteiger partial charge in [0.05, 0.1) is 0 Å². The molecule has 0 unspecified atom stereocenters. The lowest BCUT2D eigenvalue weighted by Crippen LogP contribution is -2.58. The Bertz CT molecular complexity index is 227. The van der Waals surface area contributed by atoms with Crippen LogP contribution in [0.25, 0.3) is 0 Å². The summed E-state index contributed by atoms with van der Waals surface area (Å²) in [5, 5.41) is 17.6. The zero-order chi connectivity index (χ0) is 9.57. The van der Waals surface area contributed by atoms with Crippen LogP contribution in [0, 0.1) is 10.8 Å². The van der Waals surface area contributed by atoms with Crippen LogP contribution in [0.3, 0.4) is 0 Å². The predicted octanol–water partition coefficient (Wildman–Crippen LogP) is 0.962. The molecule has 12 heavy (non-hydrogen) atoms. The minimum absolute atomic E-state index is 0.241. The Labute approximate surface area is 70.2 Å². The van der Waals surface area contributed by atoms with Gasteiger partial charge < -0.3 is 10.2 Å². The highest BCUT2D eigenvalue weighted by atomic mass is 16.4. The molecule has 68 valence electrons. The molecule has 1 aliphatic carbocycles. The van der Waals surface area contributed by atoms with Crippen molar-refractivity contribution in [2.75, 3.05) is 0 Å². The van der Waals surface area contributed by atoms with Gasteiger partial charge in [-0.2, -0.15) is 0 Å². The van der Waals surface area contributed by atoms with Crippen LogP contribution in [0.2, 0.25) is 0 Å². The maximum atomic E-state index is 10.8. The third-order valence-electron chi connectivity index (χ3n) is 3.01. The second-order valence-corrected chi connectivity index (χ2v) is 3.90. The van der Waals surface area contributed by atoms with Gasteiger partial charge in [0.15, 0.2) is 5.41 Å². The molecular formula is C8H12O4. The minimum atomic E-state index is -1.55. The highest BCUT2D eigenvalue weighted by molar-refractivity contribution is 6.00. The number of aliphatic carboxylic acids is 2. The standard InChI is InChI=1S/C8H12O4/c1-7(2)3-4-8(7,5(9)10)6(11)12/h3-4H2,1-2H3,(H,9,10)(H,11,12). The second kappa shape index (κ2) is 2.21. The van der Waals surface area contributed by atoms with Gasteiger partial charge in [-0.3, -0.25) is 9.59 Å². The van der Waals surface area contributed by atoms with E-state index in [2.05, 4.69) is 0 Å². The lowest BCUT2D eigenvalue weighted by atomic mass is 9.51. The first-order chi connectivity index (χ1) is 5.34. The fraction of sp³-hybridized carbons (Fsp3) is 0.750. The first-order valence-corrected chi connectivity index (χ1v) is 3.81. The summed E-state index contributed by atoms with van der Waals surface area (Å²) in [5.41, 5.74) is -2.17. The van der Waals surface area contributed by atoms with Crippen LogP contribution in [0.5, 0.6) is 0 Å². The van der Waals surface area contributed by atoms with Gasteiger partial charge in [0.25, 0.3) is 0 Å². The first-order valence-electron chi connectivity index (χ1n) is 3.81. The topological polar surface area (TPSA) is 74.6 Å². The molecule has 1 fully saturated rings. The second-order valence-electron chi connectivity index (χ2n) is 3.90. The fourth-order valence-corrected chi connectivity index (χ4v) is 1.76. The molecule has 2 N–H and O–H groups in total. The molecule has 4 nitrogen and oxygen atoms in total. The van der Waals surface area contributed by atoms with Gasteiger partial charge in [-0.15, -0.1) is 0 Å². The Morgan fingerprint density at radius 1 is 1.08 bits per heavy atom. The van der Waals surface area contributed by atoms with E-state index >= 15 is 0 Å². The molecular weight excluding hydrogens is 160 g/mol. The summed E-state index contributed by atoms with van der Waals surface area (Å²) in [6.07, 6.45) is 0.899. The molecule has 0 heterocycles. The highest BCUT2D eigenvalue weighted by Gasteiger charge is 2.64. The summed E-state index contributed by atoms with van der Waals surface area (Å²) in [7, 11) is 0. The molecule has 0 spiro atoms. The number of carboxylic acid groups (broad SMARTS) is 2. The van der Waals surface area contributed by atoms with E-state index in [0.717, 1.165) is 0 Å². The Hall–Kier alpha value is -1.06. The maximum absolute atomic E-state index is 10.8. The van der Waals surface area contributed by atoms with Gasteiger partial charge in [0.2, 0.25) is 0 Å². The van der Waals surface area contributed by atoms with Crippen molar-refractivity contribution in [3.8, 4) is 0 Å². The molecule has 0 saturated heterocycles. The van der Waals surface area contributed by atoms with E-state index in [1.807, 2.05) is 0 Å². The van der Waals surface area contributed by atoms with Crippen molar-refractivity contribution < 1.29 is 19.8 Å². The average molecular weight is 172 g/mol. The van der Waals surface area contributed by atoms with E-state index in [4.69, 9.17) is 10.2 Å². The zero-order valence-electron chi connectivity index (χ0n) is 7.13. The zero-order valence-corrected chi connectivity index (χ0v) is 7.13. The Morgan fingerprint density at radius 2 is 1.50 bits per heavy atom. The molecule has 0 aliphatic heterocycles. The Balaban J connectivity index is 3.06. The quantitative estimate of drug-likeness (QED) is 0.608. The Kier molecular flexibility index (Phi) is 1.67. The van der Waals surface area contributed by atoms with Crippen molar-refractivity contribution in [2.24, 2.45) is 10.8 Å². The molecule has 0 aromatic rings. The summed E-state index contributed by atoms with van der Waals surface area (Å²) < 4.78 is 0. The van der Waals surface area contributed by atoms with Gasteiger partial charge in [-0.05, 0) is 18.3 Å². The van der Waals surface area contributed by atoms with Crippen LogP contribution in [-0.4, -0.2) is 22.2 Å². The molecule has 0 atom stereocenters. The normalized spacial score (nSPS) is 24.2. The van der Waals surface area contributed by atoms with Gasteiger partial charge in [-0.1, -0.05) is 13.8 Å². The van der Waals surface area contributed by atoms with E-state index < -0.39 is 22.8 Å². The van der Waals surface area contributed by atoms with Crippen molar-refractivity contribution in [3.05, 3.63) is 0 Å². The van der Waals surface area contributed by atoms with Gasteiger partial charge in [-0.25, -0.2) is 0 Å². The van der Waals surface area contributed by atoms with Crippen molar-refractivity contribution >= 4 is 11.9 Å². The van der Waals surface area contributed by atoms with Crippen LogP contribution in [0.4, 0.5) is 0 Å². The fourth-order valence-electron chi connectivity index (χ4n) is 1.76. The van der Waals surface area contributed by atoms with E-state index in [1.165, 1.54) is 0 Å². The monoisotopic (exact) mass is 172 g/mol. The third-order valence-corrected chi connectivity index (χ3v) is 3.01. The average Bonchev–Trinajstić information content (AvgIpc) is 1.84. The maximum Gasteiger partial charge on any atom is 0.321 e. The summed E-state index contributed by atoms with van der Waals surface area (Å²) >= 11 is 0. The number of rotatable bonds is 2. The van der Waals surface area contributed by atoms with E-state index in [0.29, 0.717) is 6.42 Å². The number of carbonyl (C=O) groups is 2. The SMILES string of the molecule is CC1(C)CCC1(C(=O)O)C(=O)O. The lowest BCUT2D eigenvalue weighted by molar-refractivity contribution is -0.188. The number of carboxylic acids is 2. The van der Waals surface area contributed by atoms with Crippen molar-refractivity contribution in [1.29, 1.82) is 0 Å². The van der Waals surface area contributed by atoms with Crippen molar-refractivity contribution in [1.82, 2.24) is 0 Å². The predicted molar refractivity (Wildman–Crippen MR) is 40.7 cm³/mol.